The molecule has 1 nitrogen and oxygen atoms in total. The van der Waals surface area contributed by atoms with E-state index >= 15 is 0 Å². The zero-order chi connectivity index (χ0) is 9.97. The molecule has 1 aromatic heterocycles. The Balaban J connectivity index is 1.67. The van der Waals surface area contributed by atoms with E-state index in [0.717, 1.165) is 18.4 Å². The zero-order valence-electron chi connectivity index (χ0n) is 9.05. The molecular weight excluding hydrogens is 190 g/mol. The normalized spacial score (nSPS) is 18.4. The van der Waals surface area contributed by atoms with Gasteiger partial charge in [0.1, 0.15) is 0 Å². The molecule has 1 N–H and O–H groups in total. The Hall–Kier alpha value is -0.340. The lowest BCUT2D eigenvalue weighted by Gasteiger charge is -2.10. The smallest absolute Gasteiger partial charge is 0.0299 e. The maximum atomic E-state index is 3.55. The van der Waals surface area contributed by atoms with Crippen molar-refractivity contribution in [1.29, 1.82) is 0 Å². The Morgan fingerprint density at radius 3 is 2.86 bits per heavy atom. The molecule has 2 rings (SSSR count). The molecule has 1 aliphatic carbocycles. The monoisotopic (exact) mass is 209 g/mol. The third-order valence-electron chi connectivity index (χ3n) is 2.99. The highest BCUT2D eigenvalue weighted by atomic mass is 32.1. The molecule has 0 spiro atoms. The molecule has 0 saturated heterocycles. The lowest BCUT2D eigenvalue weighted by atomic mass is 10.1. The van der Waals surface area contributed by atoms with Gasteiger partial charge in [0.2, 0.25) is 0 Å². The second kappa shape index (κ2) is 4.45. The molecular formula is C12H19NS. The Bertz CT molecular complexity index is 288. The van der Waals surface area contributed by atoms with Crippen LogP contribution in [0.25, 0.3) is 0 Å². The summed E-state index contributed by atoms with van der Waals surface area (Å²) in [4.78, 5) is 2.88. The van der Waals surface area contributed by atoms with Crippen LogP contribution in [0.4, 0.5) is 0 Å². The Morgan fingerprint density at radius 2 is 2.29 bits per heavy atom. The molecule has 78 valence electrons. The van der Waals surface area contributed by atoms with Crippen molar-refractivity contribution in [2.45, 2.75) is 33.2 Å². The molecule has 0 amide bonds. The van der Waals surface area contributed by atoms with Gasteiger partial charge in [-0.15, -0.1) is 11.3 Å². The molecule has 1 aromatic rings. The highest BCUT2D eigenvalue weighted by Gasteiger charge is 2.27. The molecule has 0 radical (unpaired) electrons. The van der Waals surface area contributed by atoms with Crippen LogP contribution in [0.15, 0.2) is 12.1 Å². The first-order valence-electron chi connectivity index (χ1n) is 5.52. The number of hydrogen-bond acceptors (Lipinski definition) is 2. The minimum absolute atomic E-state index is 0.871. The summed E-state index contributed by atoms with van der Waals surface area (Å²) in [5.41, 5.74) is 0. The average Bonchev–Trinajstić information content (AvgIpc) is 2.92. The quantitative estimate of drug-likeness (QED) is 0.785. The van der Waals surface area contributed by atoms with Crippen LogP contribution in [0, 0.1) is 18.8 Å². The van der Waals surface area contributed by atoms with Crippen molar-refractivity contribution in [3.8, 4) is 0 Å². The van der Waals surface area contributed by atoms with E-state index in [0.29, 0.717) is 0 Å². The summed E-state index contributed by atoms with van der Waals surface area (Å²) in [6, 6.07) is 4.43. The van der Waals surface area contributed by atoms with Crippen molar-refractivity contribution in [3.63, 3.8) is 0 Å². The SMILES string of the molecule is Cc1ccc(CNCC(C)C2CC2)s1. The molecule has 14 heavy (non-hydrogen) atoms. The first kappa shape index (κ1) is 10.2. The lowest BCUT2D eigenvalue weighted by Crippen LogP contribution is -2.21. The van der Waals surface area contributed by atoms with Crippen LogP contribution in [-0.2, 0) is 6.54 Å². The fourth-order valence-corrected chi connectivity index (χ4v) is 2.70. The van der Waals surface area contributed by atoms with Crippen molar-refractivity contribution in [2.75, 3.05) is 6.54 Å². The van der Waals surface area contributed by atoms with Crippen molar-refractivity contribution in [3.05, 3.63) is 21.9 Å². The predicted molar refractivity (Wildman–Crippen MR) is 62.7 cm³/mol. The van der Waals surface area contributed by atoms with Crippen LogP contribution < -0.4 is 5.32 Å². The first-order valence-corrected chi connectivity index (χ1v) is 6.33. The molecule has 0 aromatic carbocycles. The predicted octanol–water partition coefficient (Wildman–Crippen LogP) is 3.19. The highest BCUT2D eigenvalue weighted by Crippen LogP contribution is 2.36. The standard InChI is InChI=1S/C12H19NS/c1-9(11-4-5-11)7-13-8-12-6-3-10(2)14-12/h3,6,9,11,13H,4-5,7-8H2,1-2H3. The maximum Gasteiger partial charge on any atom is 0.0299 e. The Morgan fingerprint density at radius 1 is 1.50 bits per heavy atom. The van der Waals surface area contributed by atoms with Gasteiger partial charge in [0.15, 0.2) is 0 Å². The van der Waals surface area contributed by atoms with E-state index in [4.69, 9.17) is 0 Å². The van der Waals surface area contributed by atoms with Gasteiger partial charge in [0.05, 0.1) is 0 Å². The largest absolute Gasteiger partial charge is 0.312 e. The van der Waals surface area contributed by atoms with Gasteiger partial charge in [-0.3, -0.25) is 0 Å². The number of nitrogens with one attached hydrogen (secondary N) is 1. The zero-order valence-corrected chi connectivity index (χ0v) is 9.86. The van der Waals surface area contributed by atoms with E-state index in [1.807, 2.05) is 11.3 Å². The van der Waals surface area contributed by atoms with Crippen LogP contribution >= 0.6 is 11.3 Å². The van der Waals surface area contributed by atoms with Crippen LogP contribution in [0.1, 0.15) is 29.5 Å². The molecule has 1 fully saturated rings. The molecule has 1 aliphatic rings. The maximum absolute atomic E-state index is 3.55. The molecule has 2 heteroatoms. The van der Waals surface area contributed by atoms with Gasteiger partial charge in [-0.2, -0.15) is 0 Å². The van der Waals surface area contributed by atoms with E-state index in [1.165, 1.54) is 29.1 Å². The summed E-state index contributed by atoms with van der Waals surface area (Å²) in [7, 11) is 0. The van der Waals surface area contributed by atoms with Crippen molar-refractivity contribution >= 4 is 11.3 Å². The second-order valence-corrected chi connectivity index (χ2v) is 5.83. The summed E-state index contributed by atoms with van der Waals surface area (Å²) in [5.74, 6) is 1.89. The first-order chi connectivity index (χ1) is 6.75. The summed E-state index contributed by atoms with van der Waals surface area (Å²) < 4.78 is 0. The van der Waals surface area contributed by atoms with E-state index in [-0.39, 0.29) is 0 Å². The second-order valence-electron chi connectivity index (χ2n) is 4.46. The van der Waals surface area contributed by atoms with Crippen molar-refractivity contribution in [1.82, 2.24) is 5.32 Å². The minimum atomic E-state index is 0.871. The number of rotatable bonds is 5. The van der Waals surface area contributed by atoms with Gasteiger partial charge in [-0.1, -0.05) is 6.92 Å². The highest BCUT2D eigenvalue weighted by molar-refractivity contribution is 7.11. The molecule has 1 heterocycles. The van der Waals surface area contributed by atoms with Gasteiger partial charge in [-0.05, 0) is 50.3 Å². The third-order valence-corrected chi connectivity index (χ3v) is 3.99. The summed E-state index contributed by atoms with van der Waals surface area (Å²) >= 11 is 1.90. The van der Waals surface area contributed by atoms with Gasteiger partial charge >= 0.3 is 0 Å². The summed E-state index contributed by atoms with van der Waals surface area (Å²) in [6.07, 6.45) is 2.92. The number of thiophene rings is 1. The lowest BCUT2D eigenvalue weighted by molar-refractivity contribution is 0.463. The summed E-state index contributed by atoms with van der Waals surface area (Å²) in [6.45, 7) is 6.77. The Kier molecular flexibility index (Phi) is 3.24. The van der Waals surface area contributed by atoms with Gasteiger partial charge in [-0.25, -0.2) is 0 Å². The van der Waals surface area contributed by atoms with Gasteiger partial charge in [0.25, 0.3) is 0 Å². The molecule has 0 aliphatic heterocycles. The van der Waals surface area contributed by atoms with Crippen LogP contribution in [-0.4, -0.2) is 6.54 Å². The van der Waals surface area contributed by atoms with Crippen molar-refractivity contribution in [2.24, 2.45) is 11.8 Å². The van der Waals surface area contributed by atoms with E-state index < -0.39 is 0 Å². The molecule has 1 atom stereocenters. The Labute approximate surface area is 90.5 Å². The number of hydrogen-bond donors (Lipinski definition) is 1. The fraction of sp³-hybridized carbons (Fsp3) is 0.667. The minimum Gasteiger partial charge on any atom is -0.312 e. The average molecular weight is 209 g/mol. The summed E-state index contributed by atoms with van der Waals surface area (Å²) in [5, 5.41) is 3.55. The van der Waals surface area contributed by atoms with E-state index in [9.17, 15) is 0 Å². The molecule has 1 saturated carbocycles. The fourth-order valence-electron chi connectivity index (χ4n) is 1.84. The van der Waals surface area contributed by atoms with Crippen LogP contribution in [0.5, 0.6) is 0 Å². The molecule has 0 bridgehead atoms. The van der Waals surface area contributed by atoms with Gasteiger partial charge < -0.3 is 5.32 Å². The van der Waals surface area contributed by atoms with E-state index in [2.05, 4.69) is 31.3 Å². The van der Waals surface area contributed by atoms with E-state index in [1.54, 1.807) is 0 Å². The third kappa shape index (κ3) is 2.82. The topological polar surface area (TPSA) is 12.0 Å². The number of aryl methyl sites for hydroxylation is 1. The van der Waals surface area contributed by atoms with Crippen LogP contribution in [0.3, 0.4) is 0 Å². The van der Waals surface area contributed by atoms with Crippen LogP contribution in [0.2, 0.25) is 0 Å². The van der Waals surface area contributed by atoms with Gasteiger partial charge in [0, 0.05) is 16.3 Å². The van der Waals surface area contributed by atoms with Crippen molar-refractivity contribution < 1.29 is 0 Å². The molecule has 1 unspecified atom stereocenters.